The normalized spacial score (nSPS) is 11.2. The summed E-state index contributed by atoms with van der Waals surface area (Å²) in [6.07, 6.45) is 1.41. The topological polar surface area (TPSA) is 70.7 Å². The van der Waals surface area contributed by atoms with Gasteiger partial charge in [-0.2, -0.15) is 0 Å². The molecule has 8 heteroatoms. The summed E-state index contributed by atoms with van der Waals surface area (Å²) < 4.78 is 13.5. The van der Waals surface area contributed by atoms with E-state index >= 15 is 0 Å². The zero-order chi connectivity index (χ0) is 18.1. The second-order valence-electron chi connectivity index (χ2n) is 5.56. The van der Waals surface area contributed by atoms with Crippen molar-refractivity contribution in [3.63, 3.8) is 0 Å². The number of fused-ring (bicyclic) bond motifs is 3. The van der Waals surface area contributed by atoms with E-state index in [1.54, 1.807) is 30.3 Å². The lowest BCUT2D eigenvalue weighted by atomic mass is 10.2. The number of aromatic amines is 1. The average Bonchev–Trinajstić information content (AvgIpc) is 2.98. The SMILES string of the molecule is O=C(CSc1ncnc2c1[nH]c1ccc(F)cc12)Nc1cccc(Cl)c1. The molecule has 26 heavy (non-hydrogen) atoms. The maximum absolute atomic E-state index is 13.5. The van der Waals surface area contributed by atoms with Gasteiger partial charge in [-0.05, 0) is 36.4 Å². The average molecular weight is 387 g/mol. The highest BCUT2D eigenvalue weighted by molar-refractivity contribution is 8.00. The molecule has 4 rings (SSSR count). The first-order valence-electron chi connectivity index (χ1n) is 7.70. The van der Waals surface area contributed by atoms with Gasteiger partial charge in [-0.25, -0.2) is 14.4 Å². The predicted octanol–water partition coefficient (Wildman–Crippen LogP) is 4.63. The Balaban J connectivity index is 1.55. The molecule has 0 spiro atoms. The molecule has 0 aliphatic rings. The van der Waals surface area contributed by atoms with Crippen molar-refractivity contribution in [1.82, 2.24) is 15.0 Å². The van der Waals surface area contributed by atoms with Gasteiger partial charge >= 0.3 is 0 Å². The number of nitrogens with one attached hydrogen (secondary N) is 2. The molecule has 1 amide bonds. The first-order valence-corrected chi connectivity index (χ1v) is 9.07. The Labute approximate surface area is 157 Å². The Morgan fingerprint density at radius 2 is 2.12 bits per heavy atom. The van der Waals surface area contributed by atoms with E-state index in [0.29, 0.717) is 32.2 Å². The lowest BCUT2D eigenvalue weighted by Crippen LogP contribution is -2.14. The summed E-state index contributed by atoms with van der Waals surface area (Å²) in [5, 5.41) is 4.66. The van der Waals surface area contributed by atoms with Crippen LogP contribution < -0.4 is 5.32 Å². The molecule has 0 saturated carbocycles. The molecule has 5 nitrogen and oxygen atoms in total. The summed E-state index contributed by atoms with van der Waals surface area (Å²) >= 11 is 7.19. The molecule has 0 saturated heterocycles. The Kier molecular flexibility index (Phi) is 4.48. The van der Waals surface area contributed by atoms with Crippen LogP contribution in [0.5, 0.6) is 0 Å². The van der Waals surface area contributed by atoms with Gasteiger partial charge in [0.2, 0.25) is 5.91 Å². The van der Waals surface area contributed by atoms with Gasteiger partial charge in [-0.3, -0.25) is 4.79 Å². The van der Waals surface area contributed by atoms with Crippen LogP contribution >= 0.6 is 23.4 Å². The quantitative estimate of drug-likeness (QED) is 0.396. The van der Waals surface area contributed by atoms with E-state index in [1.807, 2.05) is 0 Å². The van der Waals surface area contributed by atoms with Gasteiger partial charge in [-0.15, -0.1) is 0 Å². The third-order valence-corrected chi connectivity index (χ3v) is 4.98. The number of H-pyrrole nitrogens is 1. The van der Waals surface area contributed by atoms with E-state index in [9.17, 15) is 9.18 Å². The maximum atomic E-state index is 13.5. The lowest BCUT2D eigenvalue weighted by molar-refractivity contribution is -0.113. The van der Waals surface area contributed by atoms with E-state index in [1.165, 1.54) is 30.2 Å². The molecule has 2 aromatic carbocycles. The molecule has 2 aromatic heterocycles. The molecule has 4 aromatic rings. The molecule has 0 radical (unpaired) electrons. The number of rotatable bonds is 4. The van der Waals surface area contributed by atoms with Crippen molar-refractivity contribution in [1.29, 1.82) is 0 Å². The highest BCUT2D eigenvalue weighted by atomic mass is 35.5. The first-order chi connectivity index (χ1) is 12.6. The zero-order valence-corrected chi connectivity index (χ0v) is 14.9. The van der Waals surface area contributed by atoms with E-state index in [2.05, 4.69) is 20.3 Å². The van der Waals surface area contributed by atoms with Gasteiger partial charge in [0.25, 0.3) is 0 Å². The van der Waals surface area contributed by atoms with Crippen molar-refractivity contribution in [2.75, 3.05) is 11.1 Å². The fourth-order valence-electron chi connectivity index (χ4n) is 2.65. The number of hydrogen-bond acceptors (Lipinski definition) is 4. The minimum Gasteiger partial charge on any atom is -0.351 e. The van der Waals surface area contributed by atoms with Crippen molar-refractivity contribution < 1.29 is 9.18 Å². The van der Waals surface area contributed by atoms with Crippen molar-refractivity contribution in [2.45, 2.75) is 5.03 Å². The molecule has 0 bridgehead atoms. The fraction of sp³-hybridized carbons (Fsp3) is 0.0556. The number of carbonyl (C=O) groups is 1. The third kappa shape index (κ3) is 3.36. The Morgan fingerprint density at radius 3 is 2.96 bits per heavy atom. The summed E-state index contributed by atoms with van der Waals surface area (Å²) in [5.74, 6) is -0.333. The van der Waals surface area contributed by atoms with Crippen LogP contribution in [0, 0.1) is 5.82 Å². The molecule has 130 valence electrons. The standard InChI is InChI=1S/C18H12ClFN4OS/c19-10-2-1-3-12(6-10)23-15(25)8-26-18-17-16(21-9-22-18)13-7-11(20)4-5-14(13)24-17/h1-7,9,24H,8H2,(H,23,25). The monoisotopic (exact) mass is 386 g/mol. The largest absolute Gasteiger partial charge is 0.351 e. The minimum absolute atomic E-state index is 0.169. The van der Waals surface area contributed by atoms with Gasteiger partial charge in [0.05, 0.1) is 11.3 Å². The summed E-state index contributed by atoms with van der Waals surface area (Å²) in [5.41, 5.74) is 2.73. The van der Waals surface area contributed by atoms with Crippen LogP contribution in [-0.4, -0.2) is 26.6 Å². The van der Waals surface area contributed by atoms with Gasteiger partial charge in [0, 0.05) is 21.6 Å². The number of nitrogens with zero attached hydrogens (tertiary/aromatic N) is 2. The second-order valence-corrected chi connectivity index (χ2v) is 6.97. The van der Waals surface area contributed by atoms with E-state index in [0.717, 1.165) is 5.52 Å². The second kappa shape index (κ2) is 6.93. The summed E-state index contributed by atoms with van der Waals surface area (Å²) in [7, 11) is 0. The number of benzene rings is 2. The van der Waals surface area contributed by atoms with Crippen LogP contribution in [0.3, 0.4) is 0 Å². The molecule has 2 heterocycles. The Bertz CT molecular complexity index is 1130. The predicted molar refractivity (Wildman–Crippen MR) is 102 cm³/mol. The van der Waals surface area contributed by atoms with Gasteiger partial charge in [-0.1, -0.05) is 29.4 Å². The third-order valence-electron chi connectivity index (χ3n) is 3.76. The minimum atomic E-state index is -0.327. The molecular weight excluding hydrogens is 375 g/mol. The smallest absolute Gasteiger partial charge is 0.234 e. The molecular formula is C18H12ClFN4OS. The number of thioether (sulfide) groups is 1. The van der Waals surface area contributed by atoms with Crippen molar-refractivity contribution >= 4 is 56.9 Å². The van der Waals surface area contributed by atoms with Gasteiger partial charge in [0.15, 0.2) is 0 Å². The highest BCUT2D eigenvalue weighted by Crippen LogP contribution is 2.30. The maximum Gasteiger partial charge on any atom is 0.234 e. The molecule has 0 unspecified atom stereocenters. The zero-order valence-electron chi connectivity index (χ0n) is 13.3. The number of anilines is 1. The fourth-order valence-corrected chi connectivity index (χ4v) is 3.59. The molecule has 0 fully saturated rings. The van der Waals surface area contributed by atoms with Crippen LogP contribution in [0.4, 0.5) is 10.1 Å². The Hall–Kier alpha value is -2.64. The molecule has 0 atom stereocenters. The van der Waals surface area contributed by atoms with Crippen LogP contribution in [0.2, 0.25) is 5.02 Å². The van der Waals surface area contributed by atoms with Crippen molar-refractivity contribution in [3.8, 4) is 0 Å². The van der Waals surface area contributed by atoms with E-state index in [-0.39, 0.29) is 17.5 Å². The summed E-state index contributed by atoms with van der Waals surface area (Å²) in [4.78, 5) is 23.8. The van der Waals surface area contributed by atoms with Crippen LogP contribution in [0.1, 0.15) is 0 Å². The van der Waals surface area contributed by atoms with Crippen molar-refractivity contribution in [2.24, 2.45) is 0 Å². The van der Waals surface area contributed by atoms with Gasteiger partial charge < -0.3 is 10.3 Å². The highest BCUT2D eigenvalue weighted by Gasteiger charge is 2.13. The van der Waals surface area contributed by atoms with Gasteiger partial charge in [0.1, 0.15) is 22.7 Å². The van der Waals surface area contributed by atoms with Crippen LogP contribution in [-0.2, 0) is 4.79 Å². The van der Waals surface area contributed by atoms with Crippen molar-refractivity contribution in [3.05, 3.63) is 59.6 Å². The number of amides is 1. The Morgan fingerprint density at radius 1 is 1.23 bits per heavy atom. The van der Waals surface area contributed by atoms with E-state index < -0.39 is 0 Å². The molecule has 2 N–H and O–H groups in total. The van der Waals surface area contributed by atoms with Crippen LogP contribution in [0.15, 0.2) is 53.8 Å². The lowest BCUT2D eigenvalue weighted by Gasteiger charge is -2.05. The number of hydrogen-bond donors (Lipinski definition) is 2. The number of halogens is 2. The molecule has 0 aliphatic carbocycles. The first kappa shape index (κ1) is 16.8. The molecule has 0 aliphatic heterocycles. The van der Waals surface area contributed by atoms with Crippen LogP contribution in [0.25, 0.3) is 21.9 Å². The van der Waals surface area contributed by atoms with E-state index in [4.69, 9.17) is 11.6 Å². The summed E-state index contributed by atoms with van der Waals surface area (Å²) in [6.45, 7) is 0. The number of carbonyl (C=O) groups excluding carboxylic acids is 1. The number of aromatic nitrogens is 3. The summed E-state index contributed by atoms with van der Waals surface area (Å²) in [6, 6.07) is 11.4.